The highest BCUT2D eigenvalue weighted by Gasteiger charge is 2.17. The lowest BCUT2D eigenvalue weighted by atomic mass is 10.1. The predicted octanol–water partition coefficient (Wildman–Crippen LogP) is 4.29. The highest BCUT2D eigenvalue weighted by atomic mass is 19.1. The summed E-state index contributed by atoms with van der Waals surface area (Å²) in [5, 5.41) is 9.82. The van der Waals surface area contributed by atoms with E-state index in [1.807, 2.05) is 6.07 Å². The molecule has 0 aliphatic carbocycles. The van der Waals surface area contributed by atoms with Crippen molar-refractivity contribution in [3.05, 3.63) is 29.6 Å². The van der Waals surface area contributed by atoms with Crippen LogP contribution in [0, 0.1) is 5.82 Å². The smallest absolute Gasteiger partial charge is 0.131 e. The normalized spacial score (nSPS) is 12.5. The maximum atomic E-state index is 13.9. The van der Waals surface area contributed by atoms with Crippen LogP contribution in [0.3, 0.4) is 0 Å². The Hall–Kier alpha value is -1.09. The van der Waals surface area contributed by atoms with Crippen molar-refractivity contribution in [3.8, 4) is 0 Å². The number of aliphatic hydroxyl groups is 1. The first-order chi connectivity index (χ1) is 9.11. The molecular weight excluding hydrogens is 241 g/mol. The number of anilines is 1. The van der Waals surface area contributed by atoms with Gasteiger partial charge in [-0.15, -0.1) is 0 Å². The van der Waals surface area contributed by atoms with Gasteiger partial charge in [-0.1, -0.05) is 32.8 Å². The fourth-order valence-electron chi connectivity index (χ4n) is 2.27. The van der Waals surface area contributed by atoms with E-state index in [-0.39, 0.29) is 5.82 Å². The maximum Gasteiger partial charge on any atom is 0.131 e. The Morgan fingerprint density at radius 1 is 1.16 bits per heavy atom. The molecular formula is C16H26FNO. The van der Waals surface area contributed by atoms with Crippen LogP contribution in [0.1, 0.15) is 58.1 Å². The molecule has 0 fully saturated rings. The van der Waals surface area contributed by atoms with Gasteiger partial charge in [-0.2, -0.15) is 0 Å². The Morgan fingerprint density at radius 2 is 1.74 bits per heavy atom. The second-order valence-electron chi connectivity index (χ2n) is 5.04. The number of halogens is 1. The molecule has 1 aromatic rings. The van der Waals surface area contributed by atoms with Gasteiger partial charge in [0.15, 0.2) is 0 Å². The van der Waals surface area contributed by atoms with Crippen LogP contribution in [0.15, 0.2) is 18.2 Å². The molecule has 0 aliphatic rings. The molecule has 0 saturated carbocycles. The van der Waals surface area contributed by atoms with Crippen LogP contribution in [0.4, 0.5) is 10.1 Å². The van der Waals surface area contributed by atoms with Gasteiger partial charge < -0.3 is 10.0 Å². The molecule has 108 valence electrons. The highest BCUT2D eigenvalue weighted by Crippen LogP contribution is 2.29. The lowest BCUT2D eigenvalue weighted by Gasteiger charge is -2.28. The van der Waals surface area contributed by atoms with E-state index < -0.39 is 6.10 Å². The van der Waals surface area contributed by atoms with E-state index in [0.29, 0.717) is 5.56 Å². The average Bonchev–Trinajstić information content (AvgIpc) is 2.38. The SMILES string of the molecule is CCCCN(CCCC)c1cccc(F)c1C(C)O. The summed E-state index contributed by atoms with van der Waals surface area (Å²) < 4.78 is 13.9. The molecule has 1 N–H and O–H groups in total. The van der Waals surface area contributed by atoms with Crippen LogP contribution < -0.4 is 4.90 Å². The number of hydrogen-bond donors (Lipinski definition) is 1. The zero-order valence-corrected chi connectivity index (χ0v) is 12.3. The number of hydrogen-bond acceptors (Lipinski definition) is 2. The van der Waals surface area contributed by atoms with Crippen molar-refractivity contribution in [1.29, 1.82) is 0 Å². The van der Waals surface area contributed by atoms with Crippen molar-refractivity contribution >= 4 is 5.69 Å². The molecule has 1 aromatic carbocycles. The van der Waals surface area contributed by atoms with Gasteiger partial charge in [-0.25, -0.2) is 4.39 Å². The van der Waals surface area contributed by atoms with Crippen LogP contribution in [-0.2, 0) is 0 Å². The van der Waals surface area contributed by atoms with Crippen LogP contribution >= 0.6 is 0 Å². The molecule has 0 aliphatic heterocycles. The maximum absolute atomic E-state index is 13.9. The second-order valence-corrected chi connectivity index (χ2v) is 5.04. The zero-order valence-electron chi connectivity index (χ0n) is 12.3. The minimum absolute atomic E-state index is 0.314. The van der Waals surface area contributed by atoms with Gasteiger partial charge in [-0.05, 0) is 31.9 Å². The average molecular weight is 267 g/mol. The fraction of sp³-hybridized carbons (Fsp3) is 0.625. The molecule has 3 heteroatoms. The second kappa shape index (κ2) is 8.16. The predicted molar refractivity (Wildman–Crippen MR) is 79.1 cm³/mol. The first-order valence-corrected chi connectivity index (χ1v) is 7.33. The summed E-state index contributed by atoms with van der Waals surface area (Å²) in [6.07, 6.45) is 3.62. The van der Waals surface area contributed by atoms with Gasteiger partial charge in [0.25, 0.3) is 0 Å². The first-order valence-electron chi connectivity index (χ1n) is 7.33. The van der Waals surface area contributed by atoms with Gasteiger partial charge in [0.2, 0.25) is 0 Å². The molecule has 1 unspecified atom stereocenters. The third kappa shape index (κ3) is 4.50. The van der Waals surface area contributed by atoms with E-state index in [9.17, 15) is 9.50 Å². The van der Waals surface area contributed by atoms with Crippen LogP contribution in [0.2, 0.25) is 0 Å². The number of benzene rings is 1. The molecule has 1 atom stereocenters. The molecule has 0 aromatic heterocycles. The first kappa shape index (κ1) is 16.0. The van der Waals surface area contributed by atoms with E-state index in [4.69, 9.17) is 0 Å². The summed E-state index contributed by atoms with van der Waals surface area (Å²) in [6.45, 7) is 7.76. The van der Waals surface area contributed by atoms with E-state index in [2.05, 4.69) is 18.7 Å². The molecule has 2 nitrogen and oxygen atoms in total. The Morgan fingerprint density at radius 3 is 2.21 bits per heavy atom. The number of unbranched alkanes of at least 4 members (excludes halogenated alkanes) is 2. The molecule has 0 spiro atoms. The largest absolute Gasteiger partial charge is 0.389 e. The molecule has 1 rings (SSSR count). The van der Waals surface area contributed by atoms with Crippen LogP contribution in [-0.4, -0.2) is 18.2 Å². The van der Waals surface area contributed by atoms with E-state index in [1.54, 1.807) is 13.0 Å². The van der Waals surface area contributed by atoms with Gasteiger partial charge >= 0.3 is 0 Å². The van der Waals surface area contributed by atoms with Crippen molar-refractivity contribution in [3.63, 3.8) is 0 Å². The van der Waals surface area contributed by atoms with E-state index in [1.165, 1.54) is 6.07 Å². The number of rotatable bonds is 8. The van der Waals surface area contributed by atoms with Gasteiger partial charge in [0.1, 0.15) is 5.82 Å². The minimum atomic E-state index is -0.776. The molecule has 0 radical (unpaired) electrons. The third-order valence-corrected chi connectivity index (χ3v) is 3.35. The molecule has 0 bridgehead atoms. The van der Waals surface area contributed by atoms with Crippen molar-refractivity contribution in [2.45, 2.75) is 52.6 Å². The summed E-state index contributed by atoms with van der Waals surface area (Å²) >= 11 is 0. The van der Waals surface area contributed by atoms with Crippen molar-refractivity contribution in [1.82, 2.24) is 0 Å². The van der Waals surface area contributed by atoms with Crippen LogP contribution in [0.5, 0.6) is 0 Å². The number of nitrogens with zero attached hydrogens (tertiary/aromatic N) is 1. The standard InChI is InChI=1S/C16H26FNO/c1-4-6-11-18(12-7-5-2)15-10-8-9-14(17)16(15)13(3)19/h8-10,13,19H,4-7,11-12H2,1-3H3. The third-order valence-electron chi connectivity index (χ3n) is 3.35. The monoisotopic (exact) mass is 267 g/mol. The zero-order chi connectivity index (χ0) is 14.3. The lowest BCUT2D eigenvalue weighted by molar-refractivity contribution is 0.194. The topological polar surface area (TPSA) is 23.5 Å². The quantitative estimate of drug-likeness (QED) is 0.759. The molecule has 0 saturated heterocycles. The summed E-state index contributed by atoms with van der Waals surface area (Å²) in [5.41, 5.74) is 1.27. The highest BCUT2D eigenvalue weighted by molar-refractivity contribution is 5.55. The van der Waals surface area contributed by atoms with Crippen LogP contribution in [0.25, 0.3) is 0 Å². The van der Waals surface area contributed by atoms with E-state index >= 15 is 0 Å². The van der Waals surface area contributed by atoms with E-state index in [0.717, 1.165) is 44.5 Å². The minimum Gasteiger partial charge on any atom is -0.389 e. The lowest BCUT2D eigenvalue weighted by Crippen LogP contribution is -2.27. The number of aliphatic hydroxyl groups excluding tert-OH is 1. The van der Waals surface area contributed by atoms with Gasteiger partial charge in [0.05, 0.1) is 6.10 Å². The molecule has 19 heavy (non-hydrogen) atoms. The van der Waals surface area contributed by atoms with Crippen molar-refractivity contribution in [2.24, 2.45) is 0 Å². The molecule has 0 heterocycles. The van der Waals surface area contributed by atoms with Crippen molar-refractivity contribution in [2.75, 3.05) is 18.0 Å². The Balaban J connectivity index is 3.02. The summed E-state index contributed by atoms with van der Waals surface area (Å²) in [4.78, 5) is 2.21. The van der Waals surface area contributed by atoms with Gasteiger partial charge in [-0.3, -0.25) is 0 Å². The summed E-state index contributed by atoms with van der Waals surface area (Å²) in [7, 11) is 0. The summed E-state index contributed by atoms with van der Waals surface area (Å²) in [6, 6.07) is 5.06. The Kier molecular flexibility index (Phi) is 6.85. The van der Waals surface area contributed by atoms with Gasteiger partial charge in [0, 0.05) is 24.3 Å². The fourth-order valence-corrected chi connectivity index (χ4v) is 2.27. The Labute approximate surface area is 116 Å². The van der Waals surface area contributed by atoms with Crippen molar-refractivity contribution < 1.29 is 9.50 Å². The molecule has 0 amide bonds. The Bertz CT molecular complexity index is 371. The summed E-state index contributed by atoms with van der Waals surface area (Å²) in [5.74, 6) is -0.314.